The van der Waals surface area contributed by atoms with Crippen LogP contribution in [-0.2, 0) is 0 Å². The first kappa shape index (κ1) is 16.5. The van der Waals surface area contributed by atoms with Gasteiger partial charge in [-0.2, -0.15) is 0 Å². The van der Waals surface area contributed by atoms with E-state index in [1.54, 1.807) is 0 Å². The van der Waals surface area contributed by atoms with E-state index in [9.17, 15) is 9.59 Å². The Balaban J connectivity index is 1.91. The van der Waals surface area contributed by atoms with Gasteiger partial charge in [0.05, 0.1) is 5.69 Å². The van der Waals surface area contributed by atoms with Crippen LogP contribution in [0.2, 0.25) is 0 Å². The monoisotopic (exact) mass is 325 g/mol. The van der Waals surface area contributed by atoms with Crippen molar-refractivity contribution in [2.24, 2.45) is 0 Å². The minimum atomic E-state index is 0.0754. The second-order valence-corrected chi connectivity index (χ2v) is 6.46. The first-order valence-corrected chi connectivity index (χ1v) is 8.24. The van der Waals surface area contributed by atoms with Crippen LogP contribution in [-0.4, -0.2) is 60.2 Å². The predicted molar refractivity (Wildman–Crippen MR) is 94.5 cm³/mol. The molecule has 5 nitrogen and oxygen atoms in total. The fourth-order valence-corrected chi connectivity index (χ4v) is 3.32. The lowest BCUT2D eigenvalue weighted by atomic mass is 9.99. The van der Waals surface area contributed by atoms with Gasteiger partial charge in [0, 0.05) is 43.0 Å². The van der Waals surface area contributed by atoms with E-state index in [4.69, 9.17) is 0 Å². The van der Waals surface area contributed by atoms with E-state index in [0.717, 1.165) is 54.8 Å². The molecule has 0 radical (unpaired) electrons. The van der Waals surface area contributed by atoms with Crippen molar-refractivity contribution < 1.29 is 9.59 Å². The number of aromatic nitrogens is 1. The van der Waals surface area contributed by atoms with Crippen molar-refractivity contribution in [2.45, 2.75) is 13.8 Å². The number of carbonyl (C=O) groups excluding carboxylic acids is 2. The third-order valence-electron chi connectivity index (χ3n) is 4.78. The molecule has 1 aliphatic heterocycles. The summed E-state index contributed by atoms with van der Waals surface area (Å²) in [5.41, 5.74) is 5.13. The number of amides is 1. The molecule has 0 spiro atoms. The third kappa shape index (κ3) is 2.99. The minimum Gasteiger partial charge on any atom is -0.356 e. The molecular weight excluding hydrogens is 302 g/mol. The van der Waals surface area contributed by atoms with E-state index >= 15 is 0 Å². The van der Waals surface area contributed by atoms with E-state index < -0.39 is 0 Å². The topological polar surface area (TPSA) is 56.4 Å². The molecule has 1 aromatic heterocycles. The summed E-state index contributed by atoms with van der Waals surface area (Å²) >= 11 is 0. The van der Waals surface area contributed by atoms with Crippen LogP contribution in [0.25, 0.3) is 11.1 Å². The molecule has 0 saturated carbocycles. The van der Waals surface area contributed by atoms with E-state index in [1.165, 1.54) is 0 Å². The van der Waals surface area contributed by atoms with Gasteiger partial charge >= 0.3 is 0 Å². The number of rotatable bonds is 3. The number of carbonyl (C=O) groups is 2. The first-order valence-electron chi connectivity index (χ1n) is 8.24. The van der Waals surface area contributed by atoms with Crippen molar-refractivity contribution in [1.82, 2.24) is 14.8 Å². The first-order chi connectivity index (χ1) is 11.5. The zero-order valence-electron chi connectivity index (χ0n) is 14.4. The maximum absolute atomic E-state index is 12.8. The van der Waals surface area contributed by atoms with Gasteiger partial charge in [0.2, 0.25) is 0 Å². The van der Waals surface area contributed by atoms with Crippen molar-refractivity contribution in [2.75, 3.05) is 33.2 Å². The van der Waals surface area contributed by atoms with Crippen LogP contribution in [0.1, 0.15) is 32.1 Å². The van der Waals surface area contributed by atoms with E-state index in [1.807, 2.05) is 43.0 Å². The summed E-state index contributed by atoms with van der Waals surface area (Å²) in [5, 5.41) is 0. The Labute approximate surface area is 142 Å². The normalized spacial score (nSPS) is 15.5. The van der Waals surface area contributed by atoms with Gasteiger partial charge in [-0.3, -0.25) is 9.59 Å². The lowest BCUT2D eigenvalue weighted by Crippen LogP contribution is -2.47. The van der Waals surface area contributed by atoms with E-state index in [-0.39, 0.29) is 5.91 Å². The summed E-state index contributed by atoms with van der Waals surface area (Å²) < 4.78 is 0. The lowest BCUT2D eigenvalue weighted by molar-refractivity contribution is 0.0664. The molecule has 2 aromatic rings. The molecule has 126 valence electrons. The number of piperazine rings is 1. The van der Waals surface area contributed by atoms with Gasteiger partial charge in [-0.25, -0.2) is 0 Å². The minimum absolute atomic E-state index is 0.0754. The second kappa shape index (κ2) is 6.61. The molecule has 3 rings (SSSR count). The molecule has 1 N–H and O–H groups in total. The summed E-state index contributed by atoms with van der Waals surface area (Å²) in [7, 11) is 2.07. The number of aryl methyl sites for hydroxylation is 1. The van der Waals surface area contributed by atoms with Crippen LogP contribution in [0.5, 0.6) is 0 Å². The number of hydrogen-bond donors (Lipinski definition) is 1. The molecule has 1 aromatic carbocycles. The molecule has 0 unspecified atom stereocenters. The standard InChI is InChI=1S/C19H23N3O2/c1-13-17(12-23)20-14(2)18(13)15-5-4-6-16(11-15)19(24)22-9-7-21(3)8-10-22/h4-6,11-12,20H,7-10H2,1-3H3. The van der Waals surface area contributed by atoms with E-state index in [0.29, 0.717) is 11.3 Å². The SMILES string of the molecule is Cc1[nH]c(C=O)c(C)c1-c1cccc(C(=O)N2CCN(C)CC2)c1. The molecule has 1 fully saturated rings. The van der Waals surface area contributed by atoms with Crippen LogP contribution in [0.15, 0.2) is 24.3 Å². The zero-order chi connectivity index (χ0) is 17.3. The summed E-state index contributed by atoms with van der Waals surface area (Å²) in [5.74, 6) is 0.0754. The van der Waals surface area contributed by atoms with Crippen molar-refractivity contribution in [3.63, 3.8) is 0 Å². The van der Waals surface area contributed by atoms with Crippen molar-refractivity contribution >= 4 is 12.2 Å². The van der Waals surface area contributed by atoms with Gasteiger partial charge in [-0.15, -0.1) is 0 Å². The highest BCUT2D eigenvalue weighted by atomic mass is 16.2. The van der Waals surface area contributed by atoms with Gasteiger partial charge < -0.3 is 14.8 Å². The molecule has 2 heterocycles. The lowest BCUT2D eigenvalue weighted by Gasteiger charge is -2.32. The number of H-pyrrole nitrogens is 1. The Hall–Kier alpha value is -2.40. The molecule has 1 aliphatic rings. The molecule has 1 saturated heterocycles. The maximum Gasteiger partial charge on any atom is 0.253 e. The fourth-order valence-electron chi connectivity index (χ4n) is 3.32. The predicted octanol–water partition coefficient (Wildman–Crippen LogP) is 2.50. The Bertz CT molecular complexity index is 771. The molecule has 0 bridgehead atoms. The van der Waals surface area contributed by atoms with Crippen LogP contribution < -0.4 is 0 Å². The van der Waals surface area contributed by atoms with Gasteiger partial charge in [0.15, 0.2) is 6.29 Å². The number of hydrogen-bond acceptors (Lipinski definition) is 3. The zero-order valence-corrected chi connectivity index (χ0v) is 14.4. The Kier molecular flexibility index (Phi) is 4.53. The average Bonchev–Trinajstić information content (AvgIpc) is 2.89. The fraction of sp³-hybridized carbons (Fsp3) is 0.368. The molecule has 0 aliphatic carbocycles. The molecular formula is C19H23N3O2. The highest BCUT2D eigenvalue weighted by Crippen LogP contribution is 2.29. The third-order valence-corrected chi connectivity index (χ3v) is 4.78. The second-order valence-electron chi connectivity index (χ2n) is 6.46. The number of aldehydes is 1. The summed E-state index contributed by atoms with van der Waals surface area (Å²) in [6.07, 6.45) is 0.838. The Morgan fingerprint density at radius 2 is 1.88 bits per heavy atom. The molecule has 24 heavy (non-hydrogen) atoms. The highest BCUT2D eigenvalue weighted by molar-refractivity contribution is 5.96. The van der Waals surface area contributed by atoms with Crippen molar-refractivity contribution in [3.8, 4) is 11.1 Å². The van der Waals surface area contributed by atoms with Gasteiger partial charge in [0.1, 0.15) is 0 Å². The number of nitrogens with one attached hydrogen (secondary N) is 1. The van der Waals surface area contributed by atoms with Crippen molar-refractivity contribution in [1.29, 1.82) is 0 Å². The largest absolute Gasteiger partial charge is 0.356 e. The van der Waals surface area contributed by atoms with Gasteiger partial charge in [0.25, 0.3) is 5.91 Å². The van der Waals surface area contributed by atoms with E-state index in [2.05, 4.69) is 16.9 Å². The summed E-state index contributed by atoms with van der Waals surface area (Å²) in [6.45, 7) is 7.21. The van der Waals surface area contributed by atoms with Crippen LogP contribution in [0.3, 0.4) is 0 Å². The summed E-state index contributed by atoms with van der Waals surface area (Å²) in [4.78, 5) is 31.1. The number of benzene rings is 1. The average molecular weight is 325 g/mol. The van der Waals surface area contributed by atoms with Gasteiger partial charge in [-0.05, 0) is 44.2 Å². The Morgan fingerprint density at radius 3 is 2.50 bits per heavy atom. The molecule has 1 amide bonds. The van der Waals surface area contributed by atoms with Crippen molar-refractivity contribution in [3.05, 3.63) is 46.8 Å². The quantitative estimate of drug-likeness (QED) is 0.882. The summed E-state index contributed by atoms with van der Waals surface area (Å²) in [6, 6.07) is 7.68. The van der Waals surface area contributed by atoms with Crippen LogP contribution in [0.4, 0.5) is 0 Å². The number of aromatic amines is 1. The van der Waals surface area contributed by atoms with Gasteiger partial charge in [-0.1, -0.05) is 12.1 Å². The van der Waals surface area contributed by atoms with Crippen LogP contribution in [0, 0.1) is 13.8 Å². The maximum atomic E-state index is 12.8. The number of nitrogens with zero attached hydrogens (tertiary/aromatic N) is 2. The number of likely N-dealkylation sites (N-methyl/N-ethyl adjacent to an activating group) is 1. The molecule has 5 heteroatoms. The highest BCUT2D eigenvalue weighted by Gasteiger charge is 2.21. The van der Waals surface area contributed by atoms with Crippen LogP contribution >= 0.6 is 0 Å². The smallest absolute Gasteiger partial charge is 0.253 e. The Morgan fingerprint density at radius 1 is 1.17 bits per heavy atom. The molecule has 0 atom stereocenters.